The Hall–Kier alpha value is -1.000. The predicted octanol–water partition coefficient (Wildman–Crippen LogP) is 3.47. The fourth-order valence-electron chi connectivity index (χ4n) is 3.42. The van der Waals surface area contributed by atoms with Gasteiger partial charge in [0, 0.05) is 37.1 Å². The van der Waals surface area contributed by atoms with Crippen LogP contribution in [-0.2, 0) is 4.79 Å². The third kappa shape index (κ3) is 4.51. The van der Waals surface area contributed by atoms with Gasteiger partial charge in [-0.25, -0.2) is 0 Å². The highest BCUT2D eigenvalue weighted by molar-refractivity contribution is 7.99. The first-order valence-corrected chi connectivity index (χ1v) is 10.0. The summed E-state index contributed by atoms with van der Waals surface area (Å²) in [7, 11) is 0. The van der Waals surface area contributed by atoms with Gasteiger partial charge in [-0.3, -0.25) is 4.79 Å². The summed E-state index contributed by atoms with van der Waals surface area (Å²) in [6.07, 6.45) is 4.52. The number of nitrogens with one attached hydrogen (secondary N) is 1. The molecule has 4 heteroatoms. The molecule has 1 aliphatic carbocycles. The first-order chi connectivity index (χ1) is 11.2. The Labute approximate surface area is 144 Å². The largest absolute Gasteiger partial charge is 0.336 e. The number of thioether (sulfide) groups is 1. The number of nitrogens with zero attached hydrogens (tertiary/aromatic N) is 1. The van der Waals surface area contributed by atoms with Gasteiger partial charge in [-0.15, -0.1) is 0 Å². The average Bonchev–Trinajstić information content (AvgIpc) is 2.55. The molecule has 0 spiro atoms. The Morgan fingerprint density at radius 1 is 1.35 bits per heavy atom. The predicted molar refractivity (Wildman–Crippen MR) is 97.6 cm³/mol. The maximum absolute atomic E-state index is 13.0. The SMILES string of the molecule is CC(c1ccccc1)N(CC1CCC1)C(=O)CC1CSCCN1. The van der Waals surface area contributed by atoms with Gasteiger partial charge in [-0.05, 0) is 31.2 Å². The molecule has 3 rings (SSSR count). The Morgan fingerprint density at radius 3 is 2.74 bits per heavy atom. The molecule has 23 heavy (non-hydrogen) atoms. The highest BCUT2D eigenvalue weighted by Gasteiger charge is 2.29. The second kappa shape index (κ2) is 8.20. The second-order valence-corrected chi connectivity index (χ2v) is 8.01. The molecule has 3 nitrogen and oxygen atoms in total. The number of hydrogen-bond acceptors (Lipinski definition) is 3. The van der Waals surface area contributed by atoms with E-state index < -0.39 is 0 Å². The number of benzene rings is 1. The molecule has 1 aliphatic heterocycles. The molecule has 2 atom stereocenters. The molecule has 1 aromatic rings. The summed E-state index contributed by atoms with van der Waals surface area (Å²) in [4.78, 5) is 15.1. The van der Waals surface area contributed by atoms with Crippen LogP contribution >= 0.6 is 11.8 Å². The van der Waals surface area contributed by atoms with Crippen molar-refractivity contribution in [2.24, 2.45) is 5.92 Å². The fourth-order valence-corrected chi connectivity index (χ4v) is 4.37. The van der Waals surface area contributed by atoms with Gasteiger partial charge < -0.3 is 10.2 Å². The van der Waals surface area contributed by atoms with E-state index in [2.05, 4.69) is 41.4 Å². The van der Waals surface area contributed by atoms with Crippen molar-refractivity contribution in [3.8, 4) is 0 Å². The van der Waals surface area contributed by atoms with Gasteiger partial charge >= 0.3 is 0 Å². The summed E-state index contributed by atoms with van der Waals surface area (Å²) in [5, 5.41) is 3.50. The van der Waals surface area contributed by atoms with Gasteiger partial charge in [-0.1, -0.05) is 36.8 Å². The van der Waals surface area contributed by atoms with Crippen molar-refractivity contribution in [3.63, 3.8) is 0 Å². The molecule has 1 heterocycles. The summed E-state index contributed by atoms with van der Waals surface area (Å²) in [6, 6.07) is 11.0. The minimum absolute atomic E-state index is 0.167. The maximum atomic E-state index is 13.0. The molecule has 0 bridgehead atoms. The minimum Gasteiger partial charge on any atom is -0.336 e. The summed E-state index contributed by atoms with van der Waals surface area (Å²) in [5.74, 6) is 3.24. The Bertz CT molecular complexity index is 497. The summed E-state index contributed by atoms with van der Waals surface area (Å²) >= 11 is 1.96. The zero-order valence-electron chi connectivity index (χ0n) is 14.0. The van der Waals surface area contributed by atoms with E-state index in [0.717, 1.165) is 24.6 Å². The lowest BCUT2D eigenvalue weighted by atomic mass is 9.84. The normalized spacial score (nSPS) is 23.1. The summed E-state index contributed by atoms with van der Waals surface area (Å²) < 4.78 is 0. The summed E-state index contributed by atoms with van der Waals surface area (Å²) in [6.45, 7) is 4.13. The molecule has 2 unspecified atom stereocenters. The lowest BCUT2D eigenvalue weighted by Crippen LogP contribution is -2.45. The minimum atomic E-state index is 0.167. The van der Waals surface area contributed by atoms with Gasteiger partial charge in [0.05, 0.1) is 6.04 Å². The van der Waals surface area contributed by atoms with Crippen LogP contribution in [0, 0.1) is 5.92 Å². The lowest BCUT2D eigenvalue weighted by Gasteiger charge is -2.37. The number of carbonyl (C=O) groups excluding carboxylic acids is 1. The fraction of sp³-hybridized carbons (Fsp3) is 0.632. The van der Waals surface area contributed by atoms with Crippen molar-refractivity contribution in [2.75, 3.05) is 24.6 Å². The van der Waals surface area contributed by atoms with Gasteiger partial charge in [0.15, 0.2) is 0 Å². The van der Waals surface area contributed by atoms with E-state index in [1.807, 2.05) is 17.8 Å². The molecule has 1 saturated carbocycles. The molecular weight excluding hydrogens is 304 g/mol. The van der Waals surface area contributed by atoms with Crippen LogP contribution in [0.1, 0.15) is 44.2 Å². The quantitative estimate of drug-likeness (QED) is 0.866. The Kier molecular flexibility index (Phi) is 6.01. The number of carbonyl (C=O) groups is 1. The summed E-state index contributed by atoms with van der Waals surface area (Å²) in [5.41, 5.74) is 1.24. The number of amides is 1. The second-order valence-electron chi connectivity index (χ2n) is 6.86. The van der Waals surface area contributed by atoms with Gasteiger partial charge in [-0.2, -0.15) is 11.8 Å². The van der Waals surface area contributed by atoms with Crippen molar-refractivity contribution in [3.05, 3.63) is 35.9 Å². The molecule has 1 N–H and O–H groups in total. The Balaban J connectivity index is 1.67. The van der Waals surface area contributed by atoms with Crippen molar-refractivity contribution >= 4 is 17.7 Å². The zero-order valence-corrected chi connectivity index (χ0v) is 14.9. The number of rotatable bonds is 6. The van der Waals surface area contributed by atoms with E-state index >= 15 is 0 Å². The highest BCUT2D eigenvalue weighted by atomic mass is 32.2. The average molecular weight is 333 g/mol. The van der Waals surface area contributed by atoms with Crippen LogP contribution in [0.2, 0.25) is 0 Å². The molecule has 1 aromatic carbocycles. The third-order valence-electron chi connectivity index (χ3n) is 5.17. The molecule has 1 amide bonds. The molecule has 126 valence electrons. The Morgan fingerprint density at radius 2 is 2.13 bits per heavy atom. The monoisotopic (exact) mass is 332 g/mol. The van der Waals surface area contributed by atoms with Crippen molar-refractivity contribution in [1.82, 2.24) is 10.2 Å². The van der Waals surface area contributed by atoms with Crippen molar-refractivity contribution in [1.29, 1.82) is 0 Å². The highest BCUT2D eigenvalue weighted by Crippen LogP contribution is 2.31. The van der Waals surface area contributed by atoms with Crippen molar-refractivity contribution in [2.45, 2.75) is 44.7 Å². The topological polar surface area (TPSA) is 32.3 Å². The molecule has 0 aromatic heterocycles. The van der Waals surface area contributed by atoms with E-state index in [1.54, 1.807) is 0 Å². The van der Waals surface area contributed by atoms with Crippen LogP contribution in [0.4, 0.5) is 0 Å². The first kappa shape index (κ1) is 16.8. The first-order valence-electron chi connectivity index (χ1n) is 8.89. The van der Waals surface area contributed by atoms with Crippen LogP contribution in [0.15, 0.2) is 30.3 Å². The molecular formula is C19H28N2OS. The van der Waals surface area contributed by atoms with Gasteiger partial charge in [0.1, 0.15) is 0 Å². The van der Waals surface area contributed by atoms with E-state index in [9.17, 15) is 4.79 Å². The third-order valence-corrected chi connectivity index (χ3v) is 6.30. The van der Waals surface area contributed by atoms with Gasteiger partial charge in [0.25, 0.3) is 0 Å². The molecule has 2 aliphatic rings. The lowest BCUT2D eigenvalue weighted by molar-refractivity contribution is -0.135. The maximum Gasteiger partial charge on any atom is 0.224 e. The van der Waals surface area contributed by atoms with E-state index in [1.165, 1.54) is 24.8 Å². The molecule has 1 saturated heterocycles. The zero-order chi connectivity index (χ0) is 16.1. The number of hydrogen-bond donors (Lipinski definition) is 1. The smallest absolute Gasteiger partial charge is 0.224 e. The standard InChI is InChI=1S/C19H28N2OS/c1-15(17-8-3-2-4-9-17)21(13-16-6-5-7-16)19(22)12-18-14-23-11-10-20-18/h2-4,8-9,15-16,18,20H,5-7,10-14H2,1H3. The van der Waals surface area contributed by atoms with Gasteiger partial charge in [0.2, 0.25) is 5.91 Å². The van der Waals surface area contributed by atoms with Crippen LogP contribution in [0.25, 0.3) is 0 Å². The van der Waals surface area contributed by atoms with Crippen LogP contribution in [0.5, 0.6) is 0 Å². The van der Waals surface area contributed by atoms with E-state index in [0.29, 0.717) is 24.3 Å². The van der Waals surface area contributed by atoms with E-state index in [4.69, 9.17) is 0 Å². The van der Waals surface area contributed by atoms with Crippen LogP contribution in [0.3, 0.4) is 0 Å². The van der Waals surface area contributed by atoms with Crippen molar-refractivity contribution < 1.29 is 4.79 Å². The van der Waals surface area contributed by atoms with E-state index in [-0.39, 0.29) is 6.04 Å². The van der Waals surface area contributed by atoms with Crippen LogP contribution < -0.4 is 5.32 Å². The van der Waals surface area contributed by atoms with Crippen LogP contribution in [-0.4, -0.2) is 41.4 Å². The molecule has 0 radical (unpaired) electrons. The molecule has 2 fully saturated rings.